The fourth-order valence-electron chi connectivity index (χ4n) is 2.88. The topological polar surface area (TPSA) is 58.6 Å². The third-order valence-corrected chi connectivity index (χ3v) is 5.57. The highest BCUT2D eigenvalue weighted by atomic mass is 32.2. The number of anilines is 1. The number of hydrogen-bond donors (Lipinski definition) is 1. The first-order chi connectivity index (χ1) is 14.5. The molecule has 1 fully saturated rings. The molecule has 0 aromatic heterocycles. The first kappa shape index (κ1) is 21.8. The van der Waals surface area contributed by atoms with E-state index in [1.807, 2.05) is 62.4 Å². The van der Waals surface area contributed by atoms with E-state index in [1.165, 1.54) is 16.7 Å². The van der Waals surface area contributed by atoms with E-state index in [1.54, 1.807) is 18.2 Å². The number of hydrogen-bond acceptors (Lipinski definition) is 5. The quantitative estimate of drug-likeness (QED) is 0.494. The average Bonchev–Trinajstić information content (AvgIpc) is 2.97. The Morgan fingerprint density at radius 3 is 2.60 bits per heavy atom. The number of thiocarbonyl (C=S) groups is 1. The second-order valence-corrected chi connectivity index (χ2v) is 8.22. The number of allylic oxidation sites excluding steroid dienone is 2. The van der Waals surface area contributed by atoms with Crippen LogP contribution in [0.3, 0.4) is 0 Å². The van der Waals surface area contributed by atoms with Gasteiger partial charge in [-0.2, -0.15) is 0 Å². The van der Waals surface area contributed by atoms with Crippen LogP contribution in [-0.2, 0) is 9.59 Å². The van der Waals surface area contributed by atoms with Crippen molar-refractivity contribution in [2.45, 2.75) is 13.8 Å². The van der Waals surface area contributed by atoms with E-state index in [4.69, 9.17) is 17.0 Å². The van der Waals surface area contributed by atoms with Gasteiger partial charge in [-0.15, -0.1) is 0 Å². The number of ether oxygens (including phenoxy) is 1. The minimum Gasteiger partial charge on any atom is -0.492 e. The van der Waals surface area contributed by atoms with Gasteiger partial charge in [-0.1, -0.05) is 72.5 Å². The molecule has 0 atom stereocenters. The summed E-state index contributed by atoms with van der Waals surface area (Å²) in [5.74, 6) is -0.0179. The van der Waals surface area contributed by atoms with E-state index in [0.29, 0.717) is 27.3 Å². The number of nitrogens with one attached hydrogen (secondary N) is 1. The van der Waals surface area contributed by atoms with Gasteiger partial charge in [-0.05, 0) is 43.2 Å². The van der Waals surface area contributed by atoms with E-state index in [2.05, 4.69) is 5.32 Å². The third-order valence-electron chi connectivity index (χ3n) is 4.19. The van der Waals surface area contributed by atoms with Crippen LogP contribution in [0, 0.1) is 0 Å². The smallest absolute Gasteiger partial charge is 0.266 e. The molecule has 0 saturated carbocycles. The maximum absolute atomic E-state index is 12.8. The van der Waals surface area contributed by atoms with E-state index >= 15 is 0 Å². The number of para-hydroxylation sites is 2. The van der Waals surface area contributed by atoms with Crippen molar-refractivity contribution in [2.75, 3.05) is 18.5 Å². The average molecular weight is 439 g/mol. The highest BCUT2D eigenvalue weighted by molar-refractivity contribution is 8.26. The molecule has 3 rings (SSSR count). The summed E-state index contributed by atoms with van der Waals surface area (Å²) in [6.07, 6.45) is 3.79. The summed E-state index contributed by atoms with van der Waals surface area (Å²) in [5.41, 5.74) is 2.54. The van der Waals surface area contributed by atoms with E-state index in [0.717, 1.165) is 11.1 Å². The first-order valence-corrected chi connectivity index (χ1v) is 10.7. The molecule has 5 nitrogen and oxygen atoms in total. The zero-order valence-corrected chi connectivity index (χ0v) is 18.4. The number of thioether (sulfide) groups is 1. The minimum atomic E-state index is -0.337. The number of nitrogens with zero attached hydrogens (tertiary/aromatic N) is 1. The van der Waals surface area contributed by atoms with Gasteiger partial charge in [0.05, 0.1) is 17.2 Å². The Morgan fingerprint density at radius 1 is 1.17 bits per heavy atom. The van der Waals surface area contributed by atoms with Gasteiger partial charge in [-0.25, -0.2) is 0 Å². The van der Waals surface area contributed by atoms with Crippen LogP contribution in [0.5, 0.6) is 5.75 Å². The molecule has 1 aliphatic heterocycles. The van der Waals surface area contributed by atoms with E-state index in [-0.39, 0.29) is 18.4 Å². The standard InChI is InChI=1S/C23H22N2O3S2/c1-3-28-19-12-8-7-11-18(19)24-21(26)15-25-22(27)20(30-23(25)29)14-16(2)13-17-9-5-4-6-10-17/h4-14H,3,15H2,1-2H3,(H,24,26)/b16-13+,20-14-. The number of carbonyl (C=O) groups is 2. The number of carbonyl (C=O) groups excluding carboxylic acids is 2. The summed E-state index contributed by atoms with van der Waals surface area (Å²) in [6, 6.07) is 17.0. The lowest BCUT2D eigenvalue weighted by Gasteiger charge is -2.15. The monoisotopic (exact) mass is 438 g/mol. The number of rotatable bonds is 7. The second-order valence-electron chi connectivity index (χ2n) is 6.54. The molecule has 7 heteroatoms. The van der Waals surface area contributed by atoms with Crippen LogP contribution >= 0.6 is 24.0 Å². The van der Waals surface area contributed by atoms with Crippen LogP contribution in [0.15, 0.2) is 71.2 Å². The molecule has 2 aromatic rings. The lowest BCUT2D eigenvalue weighted by Crippen LogP contribution is -2.36. The van der Waals surface area contributed by atoms with Gasteiger partial charge in [0.25, 0.3) is 5.91 Å². The van der Waals surface area contributed by atoms with Gasteiger partial charge in [0.15, 0.2) is 0 Å². The molecule has 2 amide bonds. The van der Waals surface area contributed by atoms with E-state index < -0.39 is 0 Å². The lowest BCUT2D eigenvalue weighted by atomic mass is 10.1. The van der Waals surface area contributed by atoms with Crippen molar-refractivity contribution >= 4 is 51.9 Å². The Hall–Kier alpha value is -2.90. The molecule has 1 aliphatic rings. The van der Waals surface area contributed by atoms with Gasteiger partial charge in [0.2, 0.25) is 5.91 Å². The lowest BCUT2D eigenvalue weighted by molar-refractivity contribution is -0.126. The highest BCUT2D eigenvalue weighted by Crippen LogP contribution is 2.32. The fourth-order valence-corrected chi connectivity index (χ4v) is 4.19. The number of amides is 2. The first-order valence-electron chi connectivity index (χ1n) is 9.48. The predicted molar refractivity (Wildman–Crippen MR) is 126 cm³/mol. The van der Waals surface area contributed by atoms with Crippen molar-refractivity contribution < 1.29 is 14.3 Å². The SMILES string of the molecule is CCOc1ccccc1NC(=O)CN1C(=O)/C(=C/C(C)=C/c2ccccc2)SC1=S. The van der Waals surface area contributed by atoms with Crippen molar-refractivity contribution in [1.82, 2.24) is 4.90 Å². The fraction of sp³-hybridized carbons (Fsp3) is 0.174. The molecular weight excluding hydrogens is 416 g/mol. The molecule has 0 spiro atoms. The summed E-state index contributed by atoms with van der Waals surface area (Å²) < 4.78 is 5.89. The molecule has 0 bridgehead atoms. The van der Waals surface area contributed by atoms with Gasteiger partial charge in [-0.3, -0.25) is 14.5 Å². The molecule has 2 aromatic carbocycles. The summed E-state index contributed by atoms with van der Waals surface area (Å²) in [5, 5.41) is 2.79. The Kier molecular flexibility index (Phi) is 7.43. The molecule has 0 unspecified atom stereocenters. The van der Waals surface area contributed by atoms with Crippen molar-refractivity contribution in [2.24, 2.45) is 0 Å². The van der Waals surface area contributed by atoms with Crippen LogP contribution in [0.25, 0.3) is 6.08 Å². The van der Waals surface area contributed by atoms with Crippen molar-refractivity contribution in [3.05, 3.63) is 76.7 Å². The zero-order valence-electron chi connectivity index (χ0n) is 16.8. The second kappa shape index (κ2) is 10.2. The van der Waals surface area contributed by atoms with Gasteiger partial charge < -0.3 is 10.1 Å². The molecule has 1 N–H and O–H groups in total. The van der Waals surface area contributed by atoms with Gasteiger partial charge in [0, 0.05) is 0 Å². The Balaban J connectivity index is 1.68. The molecule has 0 aliphatic carbocycles. The molecule has 1 saturated heterocycles. The maximum atomic E-state index is 12.8. The van der Waals surface area contributed by atoms with Crippen molar-refractivity contribution in [3.63, 3.8) is 0 Å². The third kappa shape index (κ3) is 5.58. The Labute approximate surface area is 185 Å². The van der Waals surface area contributed by atoms with Crippen molar-refractivity contribution in [3.8, 4) is 5.75 Å². The molecular formula is C23H22N2O3S2. The van der Waals surface area contributed by atoms with Crippen LogP contribution in [0.1, 0.15) is 19.4 Å². The van der Waals surface area contributed by atoms with Gasteiger partial charge in [0.1, 0.15) is 16.6 Å². The Bertz CT molecular complexity index is 1020. The van der Waals surface area contributed by atoms with Crippen LogP contribution in [0.4, 0.5) is 5.69 Å². The van der Waals surface area contributed by atoms with Crippen molar-refractivity contribution in [1.29, 1.82) is 0 Å². The predicted octanol–water partition coefficient (Wildman–Crippen LogP) is 4.87. The summed E-state index contributed by atoms with van der Waals surface area (Å²) >= 11 is 6.53. The summed E-state index contributed by atoms with van der Waals surface area (Å²) in [7, 11) is 0. The molecule has 30 heavy (non-hydrogen) atoms. The van der Waals surface area contributed by atoms with E-state index in [9.17, 15) is 9.59 Å². The summed E-state index contributed by atoms with van der Waals surface area (Å²) in [4.78, 5) is 27.1. The zero-order chi connectivity index (χ0) is 21.5. The highest BCUT2D eigenvalue weighted by Gasteiger charge is 2.33. The van der Waals surface area contributed by atoms with Crippen LogP contribution in [0.2, 0.25) is 0 Å². The minimum absolute atomic E-state index is 0.149. The summed E-state index contributed by atoms with van der Waals surface area (Å²) in [6.45, 7) is 4.14. The largest absolute Gasteiger partial charge is 0.492 e. The molecule has 154 valence electrons. The maximum Gasteiger partial charge on any atom is 0.266 e. The normalized spacial score (nSPS) is 15.6. The van der Waals surface area contributed by atoms with Crippen LogP contribution < -0.4 is 10.1 Å². The molecule has 1 heterocycles. The molecule has 0 radical (unpaired) electrons. The Morgan fingerprint density at radius 2 is 1.87 bits per heavy atom. The number of benzene rings is 2. The van der Waals surface area contributed by atoms with Gasteiger partial charge >= 0.3 is 0 Å². The van der Waals surface area contributed by atoms with Crippen LogP contribution in [-0.4, -0.2) is 34.2 Å².